The van der Waals surface area contributed by atoms with E-state index in [9.17, 15) is 0 Å². The van der Waals surface area contributed by atoms with Crippen LogP contribution < -0.4 is 5.73 Å². The lowest BCUT2D eigenvalue weighted by atomic mass is 10.3. The molecule has 0 aliphatic rings. The molecular weight excluding hydrogens is 214 g/mol. The zero-order valence-electron chi connectivity index (χ0n) is 8.23. The van der Waals surface area contributed by atoms with Crippen LogP contribution in [0.25, 0.3) is 11.5 Å². The van der Waals surface area contributed by atoms with E-state index < -0.39 is 0 Å². The molecule has 0 aromatic carbocycles. The molecule has 80 valence electrons. The average Bonchev–Trinajstić information content (AvgIpc) is 2.83. The monoisotopic (exact) mass is 225 g/mol. The fourth-order valence-electron chi connectivity index (χ4n) is 1.08. The first-order valence-electron chi connectivity index (χ1n) is 4.50. The van der Waals surface area contributed by atoms with Gasteiger partial charge in [-0.15, -0.1) is 0 Å². The summed E-state index contributed by atoms with van der Waals surface area (Å²) in [6.45, 7) is 2.08. The second kappa shape index (κ2) is 4.35. The van der Waals surface area contributed by atoms with Crippen molar-refractivity contribution < 1.29 is 4.52 Å². The van der Waals surface area contributed by atoms with Crippen LogP contribution in [0.4, 0.5) is 5.82 Å². The first kappa shape index (κ1) is 10.0. The van der Waals surface area contributed by atoms with Crippen molar-refractivity contribution in [3.05, 3.63) is 12.0 Å². The fraction of sp³-hybridized carbons (Fsp3) is 0.375. The smallest absolute Gasteiger partial charge is 0.263 e. The Morgan fingerprint density at radius 3 is 3.13 bits per heavy atom. The largest absolute Gasteiger partial charge is 0.383 e. The number of anilines is 1. The number of nitrogens with two attached hydrogens (primary N) is 1. The Morgan fingerprint density at radius 1 is 1.60 bits per heavy atom. The lowest BCUT2D eigenvalue weighted by Gasteiger charge is -1.89. The summed E-state index contributed by atoms with van der Waals surface area (Å²) in [5, 5.41) is 10.2. The van der Waals surface area contributed by atoms with Crippen LogP contribution in [0.2, 0.25) is 0 Å². The minimum absolute atomic E-state index is 0.410. The molecule has 0 aliphatic carbocycles. The minimum Gasteiger partial charge on any atom is -0.383 e. The van der Waals surface area contributed by atoms with Crippen LogP contribution in [0.5, 0.6) is 0 Å². The zero-order chi connectivity index (χ0) is 10.7. The number of aromatic amines is 1. The molecule has 0 saturated carbocycles. The molecule has 2 rings (SSSR count). The van der Waals surface area contributed by atoms with Crippen molar-refractivity contribution >= 4 is 17.6 Å². The summed E-state index contributed by atoms with van der Waals surface area (Å²) in [6.07, 6.45) is 1.57. The van der Waals surface area contributed by atoms with Crippen molar-refractivity contribution in [2.75, 3.05) is 11.5 Å². The first-order valence-corrected chi connectivity index (χ1v) is 5.66. The molecule has 15 heavy (non-hydrogen) atoms. The summed E-state index contributed by atoms with van der Waals surface area (Å²) in [6, 6.07) is 0. The van der Waals surface area contributed by atoms with Gasteiger partial charge in [-0.05, 0) is 5.75 Å². The van der Waals surface area contributed by atoms with Crippen LogP contribution >= 0.6 is 11.8 Å². The van der Waals surface area contributed by atoms with E-state index in [-0.39, 0.29) is 0 Å². The maximum Gasteiger partial charge on any atom is 0.263 e. The number of hydrogen-bond acceptors (Lipinski definition) is 6. The summed E-state index contributed by atoms with van der Waals surface area (Å²) >= 11 is 1.74. The summed E-state index contributed by atoms with van der Waals surface area (Å²) in [7, 11) is 0. The number of thioether (sulfide) groups is 1. The molecule has 2 heterocycles. The van der Waals surface area contributed by atoms with Gasteiger partial charge in [-0.2, -0.15) is 21.8 Å². The van der Waals surface area contributed by atoms with Crippen LogP contribution in [0.1, 0.15) is 12.7 Å². The highest BCUT2D eigenvalue weighted by molar-refractivity contribution is 7.98. The van der Waals surface area contributed by atoms with E-state index in [1.54, 1.807) is 18.0 Å². The second-order valence-electron chi connectivity index (χ2n) is 2.85. The number of hydrogen-bond donors (Lipinski definition) is 2. The van der Waals surface area contributed by atoms with Gasteiger partial charge in [0.15, 0.2) is 5.82 Å². The van der Waals surface area contributed by atoms with Gasteiger partial charge in [-0.3, -0.25) is 5.10 Å². The predicted molar refractivity (Wildman–Crippen MR) is 58.1 cm³/mol. The molecule has 0 amide bonds. The van der Waals surface area contributed by atoms with Crippen molar-refractivity contribution in [2.24, 2.45) is 0 Å². The minimum atomic E-state index is 0.410. The summed E-state index contributed by atoms with van der Waals surface area (Å²) < 4.78 is 5.07. The van der Waals surface area contributed by atoms with Crippen LogP contribution in [0.3, 0.4) is 0 Å². The molecule has 0 aliphatic heterocycles. The first-order chi connectivity index (χ1) is 7.31. The van der Waals surface area contributed by atoms with E-state index in [0.29, 0.717) is 23.1 Å². The summed E-state index contributed by atoms with van der Waals surface area (Å²) in [5.41, 5.74) is 6.28. The predicted octanol–water partition coefficient (Wildman–Crippen LogP) is 1.29. The average molecular weight is 225 g/mol. The van der Waals surface area contributed by atoms with E-state index in [1.807, 2.05) is 0 Å². The maximum absolute atomic E-state index is 5.63. The molecule has 0 unspecified atom stereocenters. The molecule has 7 heteroatoms. The Balaban J connectivity index is 2.17. The third kappa shape index (κ3) is 2.12. The Hall–Kier alpha value is -1.50. The molecule has 0 atom stereocenters. The van der Waals surface area contributed by atoms with E-state index in [2.05, 4.69) is 27.3 Å². The lowest BCUT2D eigenvalue weighted by Crippen LogP contribution is -1.88. The highest BCUT2D eigenvalue weighted by Gasteiger charge is 2.12. The number of rotatable bonds is 4. The summed E-state index contributed by atoms with van der Waals surface area (Å²) in [5.74, 6) is 3.30. The van der Waals surface area contributed by atoms with Gasteiger partial charge in [0.2, 0.25) is 0 Å². The van der Waals surface area contributed by atoms with E-state index >= 15 is 0 Å². The number of nitrogen functional groups attached to an aromatic ring is 1. The topological polar surface area (TPSA) is 93.6 Å². The number of nitrogens with one attached hydrogen (secondary N) is 1. The molecule has 0 saturated heterocycles. The maximum atomic E-state index is 5.63. The van der Waals surface area contributed by atoms with E-state index in [4.69, 9.17) is 10.3 Å². The molecule has 2 aromatic heterocycles. The van der Waals surface area contributed by atoms with Crippen LogP contribution in [-0.4, -0.2) is 26.1 Å². The van der Waals surface area contributed by atoms with Crippen molar-refractivity contribution in [1.29, 1.82) is 0 Å². The Kier molecular flexibility index (Phi) is 2.91. The molecule has 2 aromatic rings. The molecule has 0 spiro atoms. The lowest BCUT2D eigenvalue weighted by molar-refractivity contribution is 0.425. The molecule has 3 N–H and O–H groups in total. The number of H-pyrrole nitrogens is 1. The van der Waals surface area contributed by atoms with Crippen molar-refractivity contribution in [3.8, 4) is 11.5 Å². The van der Waals surface area contributed by atoms with Gasteiger partial charge < -0.3 is 10.3 Å². The SMILES string of the molecule is CCSCc1noc(-c2cn[nH]c2N)n1. The quantitative estimate of drug-likeness (QED) is 0.814. The Morgan fingerprint density at radius 2 is 2.47 bits per heavy atom. The van der Waals surface area contributed by atoms with Crippen molar-refractivity contribution in [3.63, 3.8) is 0 Å². The van der Waals surface area contributed by atoms with Gasteiger partial charge in [0.1, 0.15) is 11.4 Å². The third-order valence-corrected chi connectivity index (χ3v) is 2.67. The van der Waals surface area contributed by atoms with Gasteiger partial charge in [-0.25, -0.2) is 0 Å². The van der Waals surface area contributed by atoms with E-state index in [0.717, 1.165) is 11.5 Å². The van der Waals surface area contributed by atoms with Crippen LogP contribution in [0, 0.1) is 0 Å². The normalized spacial score (nSPS) is 10.7. The second-order valence-corrected chi connectivity index (χ2v) is 4.12. The zero-order valence-corrected chi connectivity index (χ0v) is 9.04. The number of aromatic nitrogens is 4. The fourth-order valence-corrected chi connectivity index (χ4v) is 1.59. The standard InChI is InChI=1S/C8H11N5OS/c1-2-15-4-6-11-8(14-13-6)5-3-10-12-7(5)9/h3H,2,4H2,1H3,(H3,9,10,12). The highest BCUT2D eigenvalue weighted by atomic mass is 32.2. The highest BCUT2D eigenvalue weighted by Crippen LogP contribution is 2.22. The van der Waals surface area contributed by atoms with Crippen molar-refractivity contribution in [2.45, 2.75) is 12.7 Å². The van der Waals surface area contributed by atoms with E-state index in [1.165, 1.54) is 0 Å². The van der Waals surface area contributed by atoms with Gasteiger partial charge in [0, 0.05) is 0 Å². The Labute approximate surface area is 90.6 Å². The van der Waals surface area contributed by atoms with Crippen LogP contribution in [-0.2, 0) is 5.75 Å². The molecular formula is C8H11N5OS. The van der Waals surface area contributed by atoms with Crippen molar-refractivity contribution in [1.82, 2.24) is 20.3 Å². The molecule has 6 nitrogen and oxygen atoms in total. The molecule has 0 radical (unpaired) electrons. The molecule has 0 fully saturated rings. The Bertz CT molecular complexity index is 438. The molecule has 0 bridgehead atoms. The third-order valence-electron chi connectivity index (χ3n) is 1.80. The number of nitrogens with zero attached hydrogens (tertiary/aromatic N) is 3. The summed E-state index contributed by atoms with van der Waals surface area (Å²) in [4.78, 5) is 4.21. The van der Waals surface area contributed by atoms with Gasteiger partial charge >= 0.3 is 0 Å². The van der Waals surface area contributed by atoms with Gasteiger partial charge in [0.25, 0.3) is 5.89 Å². The van der Waals surface area contributed by atoms with Gasteiger partial charge in [0.05, 0.1) is 11.9 Å². The van der Waals surface area contributed by atoms with Crippen LogP contribution in [0.15, 0.2) is 10.7 Å². The van der Waals surface area contributed by atoms with Gasteiger partial charge in [-0.1, -0.05) is 12.1 Å².